The second-order valence-electron chi connectivity index (χ2n) is 6.24. The highest BCUT2D eigenvalue weighted by molar-refractivity contribution is 7.92. The Balaban J connectivity index is 1.66. The first-order valence-electron chi connectivity index (χ1n) is 8.43. The lowest BCUT2D eigenvalue weighted by atomic mass is 10.1. The van der Waals surface area contributed by atoms with Crippen molar-refractivity contribution in [1.29, 1.82) is 0 Å². The van der Waals surface area contributed by atoms with Gasteiger partial charge in [0.25, 0.3) is 10.0 Å². The largest absolute Gasteiger partial charge is 0.280 e. The third-order valence-electron chi connectivity index (χ3n) is 4.19. The SMILES string of the molecule is Cc1ccc(S(=O)(=O)Nc2cccc(-c3cnc4ccccc4n3)c2)cc1. The predicted octanol–water partition coefficient (Wildman–Crippen LogP) is 4.41. The Kier molecular flexibility index (Phi) is 4.33. The first kappa shape index (κ1) is 17.2. The van der Waals surface area contributed by atoms with Gasteiger partial charge in [-0.1, -0.05) is 42.0 Å². The molecule has 0 fully saturated rings. The number of hydrogen-bond acceptors (Lipinski definition) is 4. The Morgan fingerprint density at radius 2 is 1.59 bits per heavy atom. The summed E-state index contributed by atoms with van der Waals surface area (Å²) in [6.45, 7) is 1.91. The Bertz CT molecular complexity index is 1220. The number of fused-ring (bicyclic) bond motifs is 1. The third kappa shape index (κ3) is 3.66. The number of benzene rings is 3. The van der Waals surface area contributed by atoms with Crippen LogP contribution in [0.1, 0.15) is 5.56 Å². The number of nitrogens with zero attached hydrogens (tertiary/aromatic N) is 2. The first-order valence-corrected chi connectivity index (χ1v) is 9.91. The quantitative estimate of drug-likeness (QED) is 0.574. The van der Waals surface area contributed by atoms with Gasteiger partial charge in [0.1, 0.15) is 0 Å². The van der Waals surface area contributed by atoms with Crippen molar-refractivity contribution in [3.8, 4) is 11.3 Å². The van der Waals surface area contributed by atoms with Crippen molar-refractivity contribution < 1.29 is 8.42 Å². The Hall–Kier alpha value is -3.25. The zero-order chi connectivity index (χ0) is 18.9. The molecule has 1 heterocycles. The molecule has 0 atom stereocenters. The molecule has 0 unspecified atom stereocenters. The maximum absolute atomic E-state index is 12.6. The minimum absolute atomic E-state index is 0.226. The van der Waals surface area contributed by atoms with Gasteiger partial charge in [-0.05, 0) is 43.3 Å². The molecule has 0 aliphatic rings. The predicted molar refractivity (Wildman–Crippen MR) is 107 cm³/mol. The topological polar surface area (TPSA) is 72.0 Å². The van der Waals surface area contributed by atoms with E-state index in [-0.39, 0.29) is 4.90 Å². The third-order valence-corrected chi connectivity index (χ3v) is 5.59. The summed E-state index contributed by atoms with van der Waals surface area (Å²) in [6.07, 6.45) is 1.69. The van der Waals surface area contributed by atoms with Crippen LogP contribution < -0.4 is 4.72 Å². The van der Waals surface area contributed by atoms with Gasteiger partial charge < -0.3 is 0 Å². The van der Waals surface area contributed by atoms with Gasteiger partial charge >= 0.3 is 0 Å². The van der Waals surface area contributed by atoms with Gasteiger partial charge in [0.15, 0.2) is 0 Å². The molecule has 0 radical (unpaired) electrons. The summed E-state index contributed by atoms with van der Waals surface area (Å²) in [5, 5.41) is 0. The van der Waals surface area contributed by atoms with Crippen LogP contribution in [0, 0.1) is 6.92 Å². The fraction of sp³-hybridized carbons (Fsp3) is 0.0476. The van der Waals surface area contributed by atoms with Crippen LogP contribution in [0.25, 0.3) is 22.3 Å². The monoisotopic (exact) mass is 375 g/mol. The van der Waals surface area contributed by atoms with Crippen LogP contribution in [0.4, 0.5) is 5.69 Å². The van der Waals surface area contributed by atoms with Crippen molar-refractivity contribution in [2.45, 2.75) is 11.8 Å². The highest BCUT2D eigenvalue weighted by Crippen LogP contribution is 2.24. The van der Waals surface area contributed by atoms with Gasteiger partial charge in [-0.15, -0.1) is 0 Å². The maximum Gasteiger partial charge on any atom is 0.261 e. The molecule has 3 aromatic carbocycles. The number of sulfonamides is 1. The molecule has 0 saturated carbocycles. The average Bonchev–Trinajstić information content (AvgIpc) is 2.68. The van der Waals surface area contributed by atoms with Crippen LogP contribution >= 0.6 is 0 Å². The van der Waals surface area contributed by atoms with Gasteiger partial charge in [0.2, 0.25) is 0 Å². The van der Waals surface area contributed by atoms with E-state index in [1.54, 1.807) is 48.7 Å². The summed E-state index contributed by atoms with van der Waals surface area (Å²) in [6, 6.07) is 21.5. The van der Waals surface area contributed by atoms with Crippen molar-refractivity contribution >= 4 is 26.7 Å². The Morgan fingerprint density at radius 1 is 0.852 bits per heavy atom. The van der Waals surface area contributed by atoms with Crippen LogP contribution in [0.3, 0.4) is 0 Å². The van der Waals surface area contributed by atoms with E-state index < -0.39 is 10.0 Å². The molecule has 4 aromatic rings. The molecule has 6 heteroatoms. The van der Waals surface area contributed by atoms with Gasteiger partial charge in [0.05, 0.1) is 27.8 Å². The number of nitrogens with one attached hydrogen (secondary N) is 1. The van der Waals surface area contributed by atoms with E-state index in [9.17, 15) is 8.42 Å². The Morgan fingerprint density at radius 3 is 2.37 bits per heavy atom. The standard InChI is InChI=1S/C21H17N3O2S/c1-15-9-11-18(12-10-15)27(25,26)24-17-6-4-5-16(13-17)21-14-22-19-7-2-3-8-20(19)23-21/h2-14,24H,1H3. The maximum atomic E-state index is 12.6. The average molecular weight is 375 g/mol. The minimum Gasteiger partial charge on any atom is -0.280 e. The smallest absolute Gasteiger partial charge is 0.261 e. The number of hydrogen-bond donors (Lipinski definition) is 1. The van der Waals surface area contributed by atoms with Crippen LogP contribution in [0.15, 0.2) is 83.9 Å². The molecule has 0 bridgehead atoms. The van der Waals surface area contributed by atoms with Gasteiger partial charge in [-0.3, -0.25) is 9.71 Å². The van der Waals surface area contributed by atoms with Crippen molar-refractivity contribution in [3.05, 3.63) is 84.6 Å². The van der Waals surface area contributed by atoms with E-state index in [0.717, 1.165) is 22.2 Å². The zero-order valence-corrected chi connectivity index (χ0v) is 15.4. The summed E-state index contributed by atoms with van der Waals surface area (Å²) in [5.41, 5.74) is 4.56. The molecule has 134 valence electrons. The summed E-state index contributed by atoms with van der Waals surface area (Å²) in [4.78, 5) is 9.25. The Labute approximate surface area is 157 Å². The fourth-order valence-electron chi connectivity index (χ4n) is 2.77. The summed E-state index contributed by atoms with van der Waals surface area (Å²) >= 11 is 0. The summed E-state index contributed by atoms with van der Waals surface area (Å²) < 4.78 is 27.8. The highest BCUT2D eigenvalue weighted by Gasteiger charge is 2.14. The highest BCUT2D eigenvalue weighted by atomic mass is 32.2. The lowest BCUT2D eigenvalue weighted by Crippen LogP contribution is -2.12. The second-order valence-corrected chi connectivity index (χ2v) is 7.93. The molecule has 5 nitrogen and oxygen atoms in total. The lowest BCUT2D eigenvalue weighted by Gasteiger charge is -2.10. The van der Waals surface area contributed by atoms with Crippen molar-refractivity contribution in [3.63, 3.8) is 0 Å². The first-order chi connectivity index (χ1) is 13.0. The number of rotatable bonds is 4. The van der Waals surface area contributed by atoms with E-state index in [2.05, 4.69) is 14.7 Å². The van der Waals surface area contributed by atoms with Gasteiger partial charge in [-0.25, -0.2) is 13.4 Å². The molecule has 1 N–H and O–H groups in total. The number of aromatic nitrogens is 2. The normalized spacial score (nSPS) is 11.4. The van der Waals surface area contributed by atoms with Gasteiger partial charge in [-0.2, -0.15) is 0 Å². The summed E-state index contributed by atoms with van der Waals surface area (Å²) in [7, 11) is -3.65. The molecule has 0 saturated heterocycles. The van der Waals surface area contributed by atoms with E-state index in [1.807, 2.05) is 37.3 Å². The molecule has 0 aliphatic heterocycles. The fourth-order valence-corrected chi connectivity index (χ4v) is 3.82. The molecule has 1 aromatic heterocycles. The molecule has 0 amide bonds. The van der Waals surface area contributed by atoms with Crippen LogP contribution in [-0.4, -0.2) is 18.4 Å². The van der Waals surface area contributed by atoms with E-state index in [0.29, 0.717) is 11.4 Å². The second kappa shape index (κ2) is 6.81. The molecular weight excluding hydrogens is 358 g/mol. The molecule has 0 aliphatic carbocycles. The van der Waals surface area contributed by atoms with Crippen LogP contribution in [0.2, 0.25) is 0 Å². The molecular formula is C21H17N3O2S. The summed E-state index contributed by atoms with van der Waals surface area (Å²) in [5.74, 6) is 0. The van der Waals surface area contributed by atoms with Crippen LogP contribution in [-0.2, 0) is 10.0 Å². The molecule has 27 heavy (non-hydrogen) atoms. The zero-order valence-electron chi connectivity index (χ0n) is 14.6. The molecule has 4 rings (SSSR count). The van der Waals surface area contributed by atoms with E-state index in [4.69, 9.17) is 0 Å². The number of para-hydroxylation sites is 2. The van der Waals surface area contributed by atoms with Crippen molar-refractivity contribution in [1.82, 2.24) is 9.97 Å². The minimum atomic E-state index is -3.65. The van der Waals surface area contributed by atoms with Crippen molar-refractivity contribution in [2.24, 2.45) is 0 Å². The van der Waals surface area contributed by atoms with E-state index >= 15 is 0 Å². The molecule has 0 spiro atoms. The van der Waals surface area contributed by atoms with Crippen molar-refractivity contribution in [2.75, 3.05) is 4.72 Å². The van der Waals surface area contributed by atoms with E-state index in [1.165, 1.54) is 0 Å². The van der Waals surface area contributed by atoms with Crippen LogP contribution in [0.5, 0.6) is 0 Å². The number of aryl methyl sites for hydroxylation is 1. The number of anilines is 1. The lowest BCUT2D eigenvalue weighted by molar-refractivity contribution is 0.601. The van der Waals surface area contributed by atoms with Gasteiger partial charge in [0, 0.05) is 11.3 Å².